The minimum Gasteiger partial charge on any atom is -0.460 e. The molecule has 0 saturated carbocycles. The molecule has 1 atom stereocenters. The van der Waals surface area contributed by atoms with Crippen molar-refractivity contribution in [1.82, 2.24) is 0 Å². The van der Waals surface area contributed by atoms with Crippen LogP contribution in [-0.4, -0.2) is 46.9 Å². The van der Waals surface area contributed by atoms with Crippen LogP contribution in [-0.2, 0) is 23.8 Å². The van der Waals surface area contributed by atoms with E-state index < -0.39 is 17.4 Å². The average molecular weight is 330 g/mol. The van der Waals surface area contributed by atoms with Gasteiger partial charge in [-0.1, -0.05) is 0 Å². The molecule has 0 aliphatic carbocycles. The average Bonchev–Trinajstić information content (AvgIpc) is 2.95. The predicted molar refractivity (Wildman–Crippen MR) is 84.8 cm³/mol. The molecule has 0 amide bonds. The van der Waals surface area contributed by atoms with E-state index >= 15 is 0 Å². The molecular weight excluding hydrogens is 304 g/mol. The summed E-state index contributed by atoms with van der Waals surface area (Å²) < 4.78 is 16.7. The first-order chi connectivity index (χ1) is 10.2. The van der Waals surface area contributed by atoms with Crippen LogP contribution in [0.1, 0.15) is 53.4 Å². The molecule has 2 aliphatic heterocycles. The van der Waals surface area contributed by atoms with Gasteiger partial charge in [0.25, 0.3) is 0 Å². The molecule has 2 fully saturated rings. The highest BCUT2D eigenvalue weighted by Crippen LogP contribution is 2.52. The van der Waals surface area contributed by atoms with Crippen LogP contribution in [0.15, 0.2) is 0 Å². The molecule has 0 unspecified atom stereocenters. The van der Waals surface area contributed by atoms with Crippen LogP contribution in [0.5, 0.6) is 0 Å². The van der Waals surface area contributed by atoms with Crippen LogP contribution in [0.3, 0.4) is 0 Å². The van der Waals surface area contributed by atoms with Gasteiger partial charge in [-0.15, -0.1) is 11.8 Å². The van der Waals surface area contributed by atoms with E-state index in [2.05, 4.69) is 6.92 Å². The number of hydrogen-bond acceptors (Lipinski definition) is 6. The number of carbonyl (C=O) groups is 2. The Morgan fingerprint density at radius 1 is 1.23 bits per heavy atom. The quantitative estimate of drug-likeness (QED) is 0.570. The molecule has 0 radical (unpaired) electrons. The van der Waals surface area contributed by atoms with Crippen molar-refractivity contribution >= 4 is 23.5 Å². The smallest absolute Gasteiger partial charge is 0.313 e. The number of Topliss-reactive ketones (excluding diaryl/α,β-unsaturated/α-hetero) is 1. The number of ketones is 1. The van der Waals surface area contributed by atoms with E-state index in [-0.39, 0.29) is 17.0 Å². The van der Waals surface area contributed by atoms with Gasteiger partial charge in [-0.2, -0.15) is 0 Å². The molecule has 0 aromatic heterocycles. The van der Waals surface area contributed by atoms with Gasteiger partial charge in [0.05, 0.1) is 18.0 Å². The van der Waals surface area contributed by atoms with E-state index in [1.807, 2.05) is 0 Å². The van der Waals surface area contributed by atoms with Gasteiger partial charge in [-0.05, 0) is 39.9 Å². The number of esters is 1. The Kier molecular flexibility index (Phi) is 5.24. The van der Waals surface area contributed by atoms with Crippen LogP contribution >= 0.6 is 11.8 Å². The van der Waals surface area contributed by atoms with E-state index in [1.165, 1.54) is 0 Å². The second-order valence-corrected chi connectivity index (χ2v) is 8.68. The first-order valence-electron chi connectivity index (χ1n) is 7.81. The third kappa shape index (κ3) is 4.03. The Hall–Kier alpha value is -0.590. The molecule has 6 heteroatoms. The Labute approximate surface area is 136 Å². The van der Waals surface area contributed by atoms with Gasteiger partial charge >= 0.3 is 5.97 Å². The van der Waals surface area contributed by atoms with Crippen molar-refractivity contribution in [2.75, 3.05) is 19.0 Å². The summed E-state index contributed by atoms with van der Waals surface area (Å²) in [5.74, 6) is -0.124. The Morgan fingerprint density at radius 3 is 2.45 bits per heavy atom. The zero-order valence-corrected chi connectivity index (χ0v) is 14.7. The lowest BCUT2D eigenvalue weighted by Crippen LogP contribution is -2.47. The Morgan fingerprint density at radius 2 is 1.86 bits per heavy atom. The number of hydrogen-bond donors (Lipinski definition) is 0. The van der Waals surface area contributed by atoms with Gasteiger partial charge in [-0.3, -0.25) is 9.59 Å². The highest BCUT2D eigenvalue weighted by atomic mass is 32.2. The molecule has 0 N–H and O–H groups in total. The van der Waals surface area contributed by atoms with E-state index in [9.17, 15) is 9.59 Å². The SMILES string of the molecule is CC(C)(C)OC(=O)CC(=O)CC[C@]1(C)SCCC12OCCO2. The molecule has 22 heavy (non-hydrogen) atoms. The fourth-order valence-electron chi connectivity index (χ4n) is 2.96. The number of carbonyl (C=O) groups excluding carboxylic acids is 2. The molecule has 2 saturated heterocycles. The van der Waals surface area contributed by atoms with Gasteiger partial charge in [0.1, 0.15) is 17.8 Å². The van der Waals surface area contributed by atoms with Crippen molar-refractivity contribution in [1.29, 1.82) is 0 Å². The van der Waals surface area contributed by atoms with Crippen LogP contribution < -0.4 is 0 Å². The second kappa shape index (κ2) is 6.49. The van der Waals surface area contributed by atoms with Crippen molar-refractivity contribution in [3.63, 3.8) is 0 Å². The van der Waals surface area contributed by atoms with Gasteiger partial charge in [0, 0.05) is 12.8 Å². The lowest BCUT2D eigenvalue weighted by molar-refractivity contribution is -0.176. The molecule has 5 nitrogen and oxygen atoms in total. The predicted octanol–water partition coefficient (Wildman–Crippen LogP) is 2.71. The largest absolute Gasteiger partial charge is 0.460 e. The van der Waals surface area contributed by atoms with Gasteiger partial charge in [0.2, 0.25) is 0 Å². The highest BCUT2D eigenvalue weighted by molar-refractivity contribution is 8.01. The van der Waals surface area contributed by atoms with Crippen LogP contribution in [0, 0.1) is 0 Å². The Balaban J connectivity index is 1.84. The number of ether oxygens (including phenoxy) is 3. The summed E-state index contributed by atoms with van der Waals surface area (Å²) in [5, 5.41) is 0. The van der Waals surface area contributed by atoms with Crippen molar-refractivity contribution in [3.05, 3.63) is 0 Å². The number of thioether (sulfide) groups is 1. The van der Waals surface area contributed by atoms with Crippen LogP contribution in [0.4, 0.5) is 0 Å². The third-order valence-electron chi connectivity index (χ3n) is 4.05. The van der Waals surface area contributed by atoms with Crippen molar-refractivity contribution in [3.8, 4) is 0 Å². The first kappa shape index (κ1) is 17.8. The maximum Gasteiger partial charge on any atom is 0.313 e. The topological polar surface area (TPSA) is 61.8 Å². The summed E-state index contributed by atoms with van der Waals surface area (Å²) in [6.07, 6.45) is 1.69. The van der Waals surface area contributed by atoms with E-state index in [0.29, 0.717) is 26.1 Å². The summed E-state index contributed by atoms with van der Waals surface area (Å²) in [6, 6.07) is 0. The minimum absolute atomic E-state index is 0.0869. The lowest BCUT2D eigenvalue weighted by Gasteiger charge is -2.37. The first-order valence-corrected chi connectivity index (χ1v) is 8.80. The summed E-state index contributed by atoms with van der Waals surface area (Å²) >= 11 is 1.79. The molecule has 2 heterocycles. The van der Waals surface area contributed by atoms with Crippen molar-refractivity contribution in [2.45, 2.75) is 69.5 Å². The molecule has 2 rings (SSSR count). The maximum absolute atomic E-state index is 12.0. The van der Waals surface area contributed by atoms with Crippen molar-refractivity contribution in [2.24, 2.45) is 0 Å². The fraction of sp³-hybridized carbons (Fsp3) is 0.875. The monoisotopic (exact) mass is 330 g/mol. The summed E-state index contributed by atoms with van der Waals surface area (Å²) in [5.41, 5.74) is -0.555. The van der Waals surface area contributed by atoms with Gasteiger partial charge < -0.3 is 14.2 Å². The standard InChI is InChI=1S/C16H26O5S/c1-14(2,3)21-13(18)11-12(17)5-6-15(4)16(7-10-22-15)19-8-9-20-16/h5-11H2,1-4H3/t15-/m0/s1. The molecule has 1 spiro atoms. The van der Waals surface area contributed by atoms with E-state index in [1.54, 1.807) is 32.5 Å². The third-order valence-corrected chi connectivity index (χ3v) is 5.61. The zero-order valence-electron chi connectivity index (χ0n) is 13.9. The fourth-order valence-corrected chi connectivity index (χ4v) is 4.46. The Bertz CT molecular complexity index is 431. The van der Waals surface area contributed by atoms with E-state index in [4.69, 9.17) is 14.2 Å². The summed E-state index contributed by atoms with van der Waals surface area (Å²) in [7, 11) is 0. The van der Waals surface area contributed by atoms with Crippen LogP contribution in [0.2, 0.25) is 0 Å². The summed E-state index contributed by atoms with van der Waals surface area (Å²) in [6.45, 7) is 8.71. The lowest BCUT2D eigenvalue weighted by atomic mass is 9.91. The summed E-state index contributed by atoms with van der Waals surface area (Å²) in [4.78, 5) is 23.7. The van der Waals surface area contributed by atoms with Gasteiger partial charge in [-0.25, -0.2) is 0 Å². The molecule has 0 aromatic rings. The molecule has 126 valence electrons. The number of rotatable bonds is 5. The second-order valence-electron chi connectivity index (χ2n) is 7.08. The zero-order chi connectivity index (χ0) is 16.4. The molecular formula is C16H26O5S. The molecule has 0 aromatic carbocycles. The highest BCUT2D eigenvalue weighted by Gasteiger charge is 2.56. The normalized spacial score (nSPS) is 27.3. The van der Waals surface area contributed by atoms with Crippen LogP contribution in [0.25, 0.3) is 0 Å². The van der Waals surface area contributed by atoms with E-state index in [0.717, 1.165) is 12.2 Å². The maximum atomic E-state index is 12.0. The van der Waals surface area contributed by atoms with Crippen molar-refractivity contribution < 1.29 is 23.8 Å². The van der Waals surface area contributed by atoms with Gasteiger partial charge in [0.15, 0.2) is 5.79 Å². The molecule has 0 bridgehead atoms. The minimum atomic E-state index is -0.555. The molecule has 2 aliphatic rings.